The number of benzene rings is 1. The van der Waals surface area contributed by atoms with E-state index in [0.717, 1.165) is 11.0 Å². The molecule has 6 heteroatoms. The van der Waals surface area contributed by atoms with Gasteiger partial charge in [0.15, 0.2) is 0 Å². The summed E-state index contributed by atoms with van der Waals surface area (Å²) in [5.74, 6) is -0.616. The van der Waals surface area contributed by atoms with E-state index >= 15 is 0 Å². The molecular weight excluding hydrogens is 278 g/mol. The minimum atomic E-state index is -3.66. The fourth-order valence-electron chi connectivity index (χ4n) is 1.32. The quantitative estimate of drug-likeness (QED) is 0.843. The van der Waals surface area contributed by atoms with Gasteiger partial charge in [0.25, 0.3) is 0 Å². The zero-order valence-electron chi connectivity index (χ0n) is 11.8. The van der Waals surface area contributed by atoms with Gasteiger partial charge in [0, 0.05) is 5.41 Å². The molecule has 0 aliphatic carbocycles. The SMILES string of the molecule is CC(C)(C)OC(=O)CNS(=O)(=O)C=Cc1ccccc1. The van der Waals surface area contributed by atoms with Gasteiger partial charge in [-0.15, -0.1) is 0 Å². The first-order chi connectivity index (χ1) is 9.18. The van der Waals surface area contributed by atoms with E-state index < -0.39 is 28.1 Å². The monoisotopic (exact) mass is 297 g/mol. The van der Waals surface area contributed by atoms with Gasteiger partial charge in [-0.05, 0) is 32.4 Å². The topological polar surface area (TPSA) is 72.5 Å². The van der Waals surface area contributed by atoms with Gasteiger partial charge in [0.2, 0.25) is 10.0 Å². The van der Waals surface area contributed by atoms with Gasteiger partial charge in [0.1, 0.15) is 12.1 Å². The van der Waals surface area contributed by atoms with Crippen molar-refractivity contribution in [3.8, 4) is 0 Å². The Bertz CT molecular complexity index is 571. The maximum absolute atomic E-state index is 11.7. The Labute approximate surface area is 119 Å². The third kappa shape index (κ3) is 7.06. The first kappa shape index (κ1) is 16.4. The summed E-state index contributed by atoms with van der Waals surface area (Å²) in [5.41, 5.74) is 0.123. The molecule has 1 aromatic carbocycles. The van der Waals surface area contributed by atoms with Crippen LogP contribution in [0.25, 0.3) is 6.08 Å². The van der Waals surface area contributed by atoms with E-state index in [-0.39, 0.29) is 0 Å². The van der Waals surface area contributed by atoms with Gasteiger partial charge >= 0.3 is 5.97 Å². The molecule has 0 aromatic heterocycles. The van der Waals surface area contributed by atoms with Crippen LogP contribution >= 0.6 is 0 Å². The van der Waals surface area contributed by atoms with Crippen LogP contribution in [0.1, 0.15) is 26.3 Å². The normalized spacial score (nSPS) is 12.6. The molecule has 0 saturated heterocycles. The first-order valence-electron chi connectivity index (χ1n) is 6.13. The molecule has 5 nitrogen and oxygen atoms in total. The van der Waals surface area contributed by atoms with E-state index in [1.807, 2.05) is 6.07 Å². The predicted molar refractivity (Wildman–Crippen MR) is 78.2 cm³/mol. The molecule has 1 rings (SSSR count). The average molecular weight is 297 g/mol. The second-order valence-electron chi connectivity index (χ2n) is 5.17. The highest BCUT2D eigenvalue weighted by atomic mass is 32.2. The third-order valence-corrected chi connectivity index (χ3v) is 3.12. The summed E-state index contributed by atoms with van der Waals surface area (Å²) in [6.07, 6.45) is 1.46. The maximum Gasteiger partial charge on any atom is 0.321 e. The lowest BCUT2D eigenvalue weighted by Crippen LogP contribution is -2.33. The van der Waals surface area contributed by atoms with Crippen molar-refractivity contribution in [3.05, 3.63) is 41.3 Å². The fraction of sp³-hybridized carbons (Fsp3) is 0.357. The van der Waals surface area contributed by atoms with Crippen molar-refractivity contribution < 1.29 is 17.9 Å². The van der Waals surface area contributed by atoms with Crippen LogP contribution in [0.4, 0.5) is 0 Å². The number of hydrogen-bond acceptors (Lipinski definition) is 4. The van der Waals surface area contributed by atoms with Crippen molar-refractivity contribution in [2.24, 2.45) is 0 Å². The third-order valence-electron chi connectivity index (χ3n) is 2.08. The molecule has 0 saturated carbocycles. The highest BCUT2D eigenvalue weighted by molar-refractivity contribution is 7.92. The number of sulfonamides is 1. The van der Waals surface area contributed by atoms with Gasteiger partial charge in [0.05, 0.1) is 0 Å². The molecule has 1 aromatic rings. The molecule has 0 fully saturated rings. The molecule has 0 heterocycles. The van der Waals surface area contributed by atoms with Crippen LogP contribution in [0.5, 0.6) is 0 Å². The number of carbonyl (C=O) groups is 1. The molecule has 0 amide bonds. The van der Waals surface area contributed by atoms with Crippen molar-refractivity contribution in [3.63, 3.8) is 0 Å². The Morgan fingerprint density at radius 1 is 1.25 bits per heavy atom. The van der Waals surface area contributed by atoms with Crippen molar-refractivity contribution in [1.29, 1.82) is 0 Å². The molecule has 20 heavy (non-hydrogen) atoms. The zero-order chi connectivity index (χ0) is 15.2. The molecule has 1 N–H and O–H groups in total. The summed E-state index contributed by atoms with van der Waals surface area (Å²) in [5, 5.41) is 1.02. The molecule has 0 aliphatic rings. The van der Waals surface area contributed by atoms with Gasteiger partial charge < -0.3 is 4.74 Å². The van der Waals surface area contributed by atoms with E-state index in [1.165, 1.54) is 6.08 Å². The van der Waals surface area contributed by atoms with Crippen LogP contribution in [0.2, 0.25) is 0 Å². The van der Waals surface area contributed by atoms with Crippen LogP contribution in [0, 0.1) is 0 Å². The molecule has 0 aliphatic heterocycles. The predicted octanol–water partition coefficient (Wildman–Crippen LogP) is 1.92. The minimum Gasteiger partial charge on any atom is -0.459 e. The van der Waals surface area contributed by atoms with Crippen LogP contribution in [-0.4, -0.2) is 26.5 Å². The summed E-state index contributed by atoms with van der Waals surface area (Å²) < 4.78 is 30.5. The standard InChI is InChI=1S/C14H19NO4S/c1-14(2,3)19-13(16)11-15-20(17,18)10-9-12-7-5-4-6-8-12/h4-10,15H,11H2,1-3H3. The molecule has 0 atom stereocenters. The number of hydrogen-bond donors (Lipinski definition) is 1. The molecule has 0 bridgehead atoms. The lowest BCUT2D eigenvalue weighted by molar-refractivity contribution is -0.153. The number of ether oxygens (including phenoxy) is 1. The Morgan fingerprint density at radius 2 is 1.85 bits per heavy atom. The number of rotatable bonds is 5. The highest BCUT2D eigenvalue weighted by Crippen LogP contribution is 2.06. The maximum atomic E-state index is 11.7. The molecular formula is C14H19NO4S. The molecule has 0 unspecified atom stereocenters. The Kier molecular flexibility index (Phi) is 5.47. The van der Waals surface area contributed by atoms with E-state index in [0.29, 0.717) is 0 Å². The van der Waals surface area contributed by atoms with Gasteiger partial charge in [-0.3, -0.25) is 4.79 Å². The smallest absolute Gasteiger partial charge is 0.321 e. The Morgan fingerprint density at radius 3 is 2.40 bits per heavy atom. The fourth-order valence-corrected chi connectivity index (χ4v) is 2.07. The summed E-state index contributed by atoms with van der Waals surface area (Å²) in [6, 6.07) is 9.01. The highest BCUT2D eigenvalue weighted by Gasteiger charge is 2.17. The van der Waals surface area contributed by atoms with Crippen molar-refractivity contribution in [2.45, 2.75) is 26.4 Å². The van der Waals surface area contributed by atoms with E-state index in [9.17, 15) is 13.2 Å². The number of carbonyl (C=O) groups excluding carboxylic acids is 1. The number of esters is 1. The van der Waals surface area contributed by atoms with Gasteiger partial charge in [-0.2, -0.15) is 0 Å². The Hall–Kier alpha value is -1.66. The first-order valence-corrected chi connectivity index (χ1v) is 7.67. The minimum absolute atomic E-state index is 0.390. The van der Waals surface area contributed by atoms with Crippen LogP contribution in [0.3, 0.4) is 0 Å². The summed E-state index contributed by atoms with van der Waals surface area (Å²) in [6.45, 7) is 4.76. The van der Waals surface area contributed by atoms with Crippen LogP contribution in [0.15, 0.2) is 35.7 Å². The summed E-state index contributed by atoms with van der Waals surface area (Å²) in [7, 11) is -3.66. The second-order valence-corrected chi connectivity index (χ2v) is 6.82. The number of nitrogens with one attached hydrogen (secondary N) is 1. The van der Waals surface area contributed by atoms with Crippen molar-refractivity contribution in [1.82, 2.24) is 4.72 Å². The van der Waals surface area contributed by atoms with Crippen LogP contribution < -0.4 is 4.72 Å². The Balaban J connectivity index is 2.54. The van der Waals surface area contributed by atoms with E-state index in [4.69, 9.17) is 4.74 Å². The lowest BCUT2D eigenvalue weighted by Gasteiger charge is -2.19. The van der Waals surface area contributed by atoms with Crippen LogP contribution in [-0.2, 0) is 19.6 Å². The summed E-state index contributed by atoms with van der Waals surface area (Å²) in [4.78, 5) is 11.4. The van der Waals surface area contributed by atoms with Gasteiger partial charge in [-0.1, -0.05) is 30.3 Å². The largest absolute Gasteiger partial charge is 0.459 e. The zero-order valence-corrected chi connectivity index (χ0v) is 12.6. The lowest BCUT2D eigenvalue weighted by atomic mass is 10.2. The van der Waals surface area contributed by atoms with E-state index in [2.05, 4.69) is 4.72 Å². The average Bonchev–Trinajstić information content (AvgIpc) is 2.34. The molecule has 0 radical (unpaired) electrons. The van der Waals surface area contributed by atoms with E-state index in [1.54, 1.807) is 45.0 Å². The summed E-state index contributed by atoms with van der Waals surface area (Å²) >= 11 is 0. The van der Waals surface area contributed by atoms with Crippen molar-refractivity contribution in [2.75, 3.05) is 6.54 Å². The van der Waals surface area contributed by atoms with Gasteiger partial charge in [-0.25, -0.2) is 13.1 Å². The molecule has 110 valence electrons. The second kappa shape index (κ2) is 6.67. The molecule has 0 spiro atoms. The van der Waals surface area contributed by atoms with Crippen molar-refractivity contribution >= 4 is 22.1 Å².